The minimum Gasteiger partial charge on any atom is -0.459 e. The molecule has 3 heterocycles. The van der Waals surface area contributed by atoms with E-state index in [4.69, 9.17) is 16.3 Å². The smallest absolute Gasteiger partial charge is 0.320 e. The van der Waals surface area contributed by atoms with Crippen LogP contribution in [0.25, 0.3) is 11.3 Å². The van der Waals surface area contributed by atoms with Gasteiger partial charge in [-0.15, -0.1) is 0 Å². The number of carbonyl (C=O) groups excluding carboxylic acids is 1. The Hall–Kier alpha value is -3.58. The molecule has 0 aliphatic carbocycles. The van der Waals surface area contributed by atoms with E-state index < -0.39 is 5.60 Å². The first-order chi connectivity index (χ1) is 17.7. The summed E-state index contributed by atoms with van der Waals surface area (Å²) in [5.74, 6) is 0.240. The molecular formula is C27H30ClN7O2. The summed E-state index contributed by atoms with van der Waals surface area (Å²) < 4.78 is 5.44. The van der Waals surface area contributed by atoms with Crippen molar-refractivity contribution in [3.05, 3.63) is 65.1 Å². The number of nitrogens with one attached hydrogen (secondary N) is 1. The molecule has 10 heteroatoms. The summed E-state index contributed by atoms with van der Waals surface area (Å²) >= 11 is 5.89. The van der Waals surface area contributed by atoms with Crippen LogP contribution in [-0.4, -0.2) is 69.0 Å². The number of aromatic nitrogens is 3. The zero-order valence-electron chi connectivity index (χ0n) is 21.2. The zero-order valence-corrected chi connectivity index (χ0v) is 22.0. The summed E-state index contributed by atoms with van der Waals surface area (Å²) in [7, 11) is 0. The number of halogens is 1. The fraction of sp³-hybridized carbons (Fsp3) is 0.370. The van der Waals surface area contributed by atoms with Crippen LogP contribution in [0.15, 0.2) is 48.8 Å². The standard InChI is InChI=1S/C27H30ClN7O2/c1-27(2,3)37-25(36)18-35-12-10-34(11-13-35)17-21-14-22(6-4-19(21)15-29)32-26-30-9-8-23(33-26)20-5-7-24(28)31-16-20/h4-9,14,16H,10-13,17-18H2,1-3H3,(H,30,32,33). The van der Waals surface area contributed by atoms with E-state index in [9.17, 15) is 10.1 Å². The Labute approximate surface area is 222 Å². The number of carbonyl (C=O) groups is 1. The number of ether oxygens (including phenoxy) is 1. The van der Waals surface area contributed by atoms with E-state index in [0.29, 0.717) is 29.8 Å². The first kappa shape index (κ1) is 26.5. The van der Waals surface area contributed by atoms with E-state index in [0.717, 1.165) is 48.7 Å². The molecule has 1 N–H and O–H groups in total. The average molecular weight is 520 g/mol. The van der Waals surface area contributed by atoms with Crippen molar-refractivity contribution in [2.75, 3.05) is 38.0 Å². The van der Waals surface area contributed by atoms with Gasteiger partial charge in [0, 0.05) is 56.4 Å². The molecule has 0 radical (unpaired) electrons. The van der Waals surface area contributed by atoms with Gasteiger partial charge >= 0.3 is 5.97 Å². The van der Waals surface area contributed by atoms with Gasteiger partial charge in [0.05, 0.1) is 23.9 Å². The van der Waals surface area contributed by atoms with E-state index in [2.05, 4.69) is 36.1 Å². The van der Waals surface area contributed by atoms with Gasteiger partial charge in [0.2, 0.25) is 5.95 Å². The molecule has 1 fully saturated rings. The number of piperazine rings is 1. The van der Waals surface area contributed by atoms with Gasteiger partial charge in [0.15, 0.2) is 0 Å². The van der Waals surface area contributed by atoms with Crippen molar-refractivity contribution in [2.24, 2.45) is 0 Å². The molecule has 0 spiro atoms. The van der Waals surface area contributed by atoms with Gasteiger partial charge in [-0.3, -0.25) is 14.6 Å². The maximum atomic E-state index is 12.1. The minimum absolute atomic E-state index is 0.204. The van der Waals surface area contributed by atoms with Crippen LogP contribution in [0.2, 0.25) is 5.15 Å². The van der Waals surface area contributed by atoms with Crippen molar-refractivity contribution in [1.82, 2.24) is 24.8 Å². The molecule has 1 saturated heterocycles. The molecule has 0 atom stereocenters. The molecule has 2 aromatic heterocycles. The monoisotopic (exact) mass is 519 g/mol. The summed E-state index contributed by atoms with van der Waals surface area (Å²) in [6, 6.07) is 13.3. The van der Waals surface area contributed by atoms with Crippen molar-refractivity contribution in [1.29, 1.82) is 5.26 Å². The van der Waals surface area contributed by atoms with Crippen LogP contribution < -0.4 is 5.32 Å². The molecular weight excluding hydrogens is 490 g/mol. The lowest BCUT2D eigenvalue weighted by Gasteiger charge is -2.34. The quantitative estimate of drug-likeness (QED) is 0.361. The first-order valence-electron chi connectivity index (χ1n) is 12.1. The lowest BCUT2D eigenvalue weighted by atomic mass is 10.1. The van der Waals surface area contributed by atoms with Crippen LogP contribution in [0.1, 0.15) is 31.9 Å². The predicted octanol–water partition coefficient (Wildman–Crippen LogP) is 4.27. The number of nitrogens with zero attached hydrogens (tertiary/aromatic N) is 6. The Morgan fingerprint density at radius 2 is 1.86 bits per heavy atom. The molecule has 1 aliphatic rings. The van der Waals surface area contributed by atoms with E-state index in [1.165, 1.54) is 0 Å². The van der Waals surface area contributed by atoms with E-state index in [1.54, 1.807) is 18.5 Å². The van der Waals surface area contributed by atoms with Gasteiger partial charge in [0.25, 0.3) is 0 Å². The predicted molar refractivity (Wildman–Crippen MR) is 142 cm³/mol. The lowest BCUT2D eigenvalue weighted by Crippen LogP contribution is -2.48. The van der Waals surface area contributed by atoms with E-state index in [-0.39, 0.29) is 5.97 Å². The first-order valence-corrected chi connectivity index (χ1v) is 12.5. The largest absolute Gasteiger partial charge is 0.459 e. The number of anilines is 2. The normalized spacial score (nSPS) is 14.7. The minimum atomic E-state index is -0.481. The fourth-order valence-electron chi connectivity index (χ4n) is 4.05. The summed E-state index contributed by atoms with van der Waals surface area (Å²) in [6.07, 6.45) is 3.35. The van der Waals surface area contributed by atoms with Gasteiger partial charge < -0.3 is 10.1 Å². The van der Waals surface area contributed by atoms with Crippen LogP contribution in [-0.2, 0) is 16.1 Å². The highest BCUT2D eigenvalue weighted by Gasteiger charge is 2.23. The highest BCUT2D eigenvalue weighted by atomic mass is 35.5. The molecule has 0 bridgehead atoms. The van der Waals surface area contributed by atoms with Crippen molar-refractivity contribution in [2.45, 2.75) is 32.9 Å². The molecule has 37 heavy (non-hydrogen) atoms. The summed E-state index contributed by atoms with van der Waals surface area (Å²) in [5.41, 5.74) is 3.42. The third-order valence-electron chi connectivity index (χ3n) is 5.79. The summed E-state index contributed by atoms with van der Waals surface area (Å²) in [5, 5.41) is 13.3. The molecule has 192 valence electrons. The molecule has 4 rings (SSSR count). The van der Waals surface area contributed by atoms with Crippen molar-refractivity contribution in [3.8, 4) is 17.3 Å². The number of benzene rings is 1. The Kier molecular flexibility index (Phi) is 8.34. The Morgan fingerprint density at radius 3 is 2.54 bits per heavy atom. The molecule has 3 aromatic rings. The Morgan fingerprint density at radius 1 is 1.11 bits per heavy atom. The van der Waals surface area contributed by atoms with Gasteiger partial charge in [-0.1, -0.05) is 11.6 Å². The maximum absolute atomic E-state index is 12.1. The number of esters is 1. The average Bonchev–Trinajstić information content (AvgIpc) is 2.85. The van der Waals surface area contributed by atoms with Crippen LogP contribution in [0.5, 0.6) is 0 Å². The van der Waals surface area contributed by atoms with Crippen molar-refractivity contribution < 1.29 is 9.53 Å². The van der Waals surface area contributed by atoms with Gasteiger partial charge in [-0.05, 0) is 62.7 Å². The SMILES string of the molecule is CC(C)(C)OC(=O)CN1CCN(Cc2cc(Nc3nccc(-c4ccc(Cl)nc4)n3)ccc2C#N)CC1. The molecule has 0 amide bonds. The highest BCUT2D eigenvalue weighted by molar-refractivity contribution is 6.29. The molecule has 9 nitrogen and oxygen atoms in total. The number of hydrogen-bond donors (Lipinski definition) is 1. The summed E-state index contributed by atoms with van der Waals surface area (Å²) in [6.45, 7) is 9.67. The van der Waals surface area contributed by atoms with E-state index >= 15 is 0 Å². The zero-order chi connectivity index (χ0) is 26.4. The lowest BCUT2D eigenvalue weighted by molar-refractivity contribution is -0.156. The number of nitriles is 1. The summed E-state index contributed by atoms with van der Waals surface area (Å²) in [4.78, 5) is 29.6. The molecule has 1 aliphatic heterocycles. The van der Waals surface area contributed by atoms with Gasteiger partial charge in [-0.2, -0.15) is 5.26 Å². The van der Waals surface area contributed by atoms with Crippen molar-refractivity contribution in [3.63, 3.8) is 0 Å². The van der Waals surface area contributed by atoms with Crippen LogP contribution in [0, 0.1) is 11.3 Å². The van der Waals surface area contributed by atoms with Gasteiger partial charge in [-0.25, -0.2) is 15.0 Å². The third-order valence-corrected chi connectivity index (χ3v) is 6.02. The van der Waals surface area contributed by atoms with Crippen LogP contribution in [0.3, 0.4) is 0 Å². The molecule has 1 aromatic carbocycles. The molecule has 0 saturated carbocycles. The maximum Gasteiger partial charge on any atom is 0.320 e. The van der Waals surface area contributed by atoms with Crippen LogP contribution >= 0.6 is 11.6 Å². The second kappa shape index (κ2) is 11.6. The van der Waals surface area contributed by atoms with Gasteiger partial charge in [0.1, 0.15) is 10.8 Å². The number of hydrogen-bond acceptors (Lipinski definition) is 9. The molecule has 0 unspecified atom stereocenters. The number of pyridine rings is 1. The topological polar surface area (TPSA) is 107 Å². The second-order valence-corrected chi connectivity index (χ2v) is 10.3. The van der Waals surface area contributed by atoms with Crippen LogP contribution in [0.4, 0.5) is 11.6 Å². The fourth-order valence-corrected chi connectivity index (χ4v) is 4.16. The third kappa shape index (κ3) is 7.70. The Bertz CT molecular complexity index is 1280. The second-order valence-electron chi connectivity index (χ2n) is 9.88. The van der Waals surface area contributed by atoms with Crippen molar-refractivity contribution >= 4 is 29.2 Å². The Balaban J connectivity index is 1.39. The number of rotatable bonds is 7. The van der Waals surface area contributed by atoms with E-state index in [1.807, 2.05) is 51.1 Å². The highest BCUT2D eigenvalue weighted by Crippen LogP contribution is 2.23.